The molecule has 2 N–H and O–H groups in total. The second kappa shape index (κ2) is 9.05. The number of piperidine rings is 1. The molecule has 33 heavy (non-hydrogen) atoms. The zero-order valence-corrected chi connectivity index (χ0v) is 19.2. The summed E-state index contributed by atoms with van der Waals surface area (Å²) in [5, 5.41) is 9.72. The van der Waals surface area contributed by atoms with E-state index >= 15 is 0 Å². The molecule has 170 valence electrons. The van der Waals surface area contributed by atoms with Crippen LogP contribution in [0, 0.1) is 0 Å². The van der Waals surface area contributed by atoms with Gasteiger partial charge in [0.1, 0.15) is 0 Å². The summed E-state index contributed by atoms with van der Waals surface area (Å²) >= 11 is 0. The average molecular weight is 462 g/mol. The molecule has 5 rings (SSSR count). The van der Waals surface area contributed by atoms with E-state index in [-0.39, 0.29) is 4.90 Å². The van der Waals surface area contributed by atoms with Crippen LogP contribution in [0.1, 0.15) is 24.8 Å². The van der Waals surface area contributed by atoms with Gasteiger partial charge in [-0.1, -0.05) is 42.8 Å². The van der Waals surface area contributed by atoms with E-state index in [4.69, 9.17) is 5.14 Å². The summed E-state index contributed by atoms with van der Waals surface area (Å²) in [4.78, 5) is 7.24. The van der Waals surface area contributed by atoms with Gasteiger partial charge < -0.3 is 4.90 Å². The lowest BCUT2D eigenvalue weighted by Crippen LogP contribution is -2.31. The van der Waals surface area contributed by atoms with E-state index < -0.39 is 10.0 Å². The molecule has 1 aliphatic rings. The van der Waals surface area contributed by atoms with Gasteiger partial charge in [-0.25, -0.2) is 23.1 Å². The topological polar surface area (TPSA) is 93.6 Å². The number of primary sulfonamides is 1. The largest absolute Gasteiger partial charge is 0.303 e. The maximum Gasteiger partial charge on any atom is 0.238 e. The molecule has 8 heteroatoms. The van der Waals surface area contributed by atoms with Crippen molar-refractivity contribution in [2.24, 2.45) is 5.14 Å². The van der Waals surface area contributed by atoms with Gasteiger partial charge in [0.25, 0.3) is 0 Å². The number of hydrogen-bond donors (Lipinski definition) is 1. The SMILES string of the molecule is NS(=O)(=O)c1cccc(-c2cnn3cc(-c4ccc(CCN5CCCCC5)cc4)cnc23)c1. The van der Waals surface area contributed by atoms with Gasteiger partial charge >= 0.3 is 0 Å². The molecule has 1 fully saturated rings. The van der Waals surface area contributed by atoms with Crippen LogP contribution >= 0.6 is 0 Å². The maximum absolute atomic E-state index is 11.7. The fourth-order valence-electron chi connectivity index (χ4n) is 4.40. The minimum absolute atomic E-state index is 0.0661. The lowest BCUT2D eigenvalue weighted by Gasteiger charge is -2.26. The van der Waals surface area contributed by atoms with Gasteiger partial charge in [-0.3, -0.25) is 0 Å². The summed E-state index contributed by atoms with van der Waals surface area (Å²) in [6.07, 6.45) is 10.5. The number of benzene rings is 2. The van der Waals surface area contributed by atoms with Gasteiger partial charge in [0.2, 0.25) is 10.0 Å². The van der Waals surface area contributed by atoms with Crippen molar-refractivity contribution in [1.82, 2.24) is 19.5 Å². The molecule has 0 amide bonds. The Labute approximate surface area is 193 Å². The molecule has 3 heterocycles. The molecule has 0 radical (unpaired) electrons. The number of nitrogens with zero attached hydrogens (tertiary/aromatic N) is 4. The van der Waals surface area contributed by atoms with Gasteiger partial charge in [0.05, 0.1) is 11.1 Å². The summed E-state index contributed by atoms with van der Waals surface area (Å²) in [5.74, 6) is 0. The summed E-state index contributed by atoms with van der Waals surface area (Å²) in [6.45, 7) is 3.57. The molecule has 4 aromatic rings. The number of fused-ring (bicyclic) bond motifs is 1. The quantitative estimate of drug-likeness (QED) is 0.472. The number of aromatic nitrogens is 3. The second-order valence-corrected chi connectivity index (χ2v) is 10.2. The highest BCUT2D eigenvalue weighted by Crippen LogP contribution is 2.27. The fraction of sp³-hybridized carbons (Fsp3) is 0.280. The highest BCUT2D eigenvalue weighted by Gasteiger charge is 2.14. The maximum atomic E-state index is 11.7. The van der Waals surface area contributed by atoms with Crippen LogP contribution in [0.4, 0.5) is 0 Å². The Balaban J connectivity index is 1.35. The van der Waals surface area contributed by atoms with E-state index in [9.17, 15) is 8.42 Å². The third kappa shape index (κ3) is 4.83. The molecule has 0 spiro atoms. The molecule has 7 nitrogen and oxygen atoms in total. The van der Waals surface area contributed by atoms with Crippen LogP contribution in [0.3, 0.4) is 0 Å². The number of hydrogen-bond acceptors (Lipinski definition) is 5. The van der Waals surface area contributed by atoms with Gasteiger partial charge in [-0.15, -0.1) is 0 Å². The molecule has 0 aliphatic carbocycles. The Morgan fingerprint density at radius 2 is 1.70 bits per heavy atom. The molecule has 2 aromatic heterocycles. The predicted molar refractivity (Wildman–Crippen MR) is 129 cm³/mol. The molecule has 0 unspecified atom stereocenters. The standard InChI is InChI=1S/C25H27N5O2S/c26-33(31,32)23-6-4-5-21(15-23)24-17-28-30-18-22(16-27-25(24)30)20-9-7-19(8-10-20)11-14-29-12-2-1-3-13-29/h4-10,15-18H,1-3,11-14H2,(H2,26,31,32). The van der Waals surface area contributed by atoms with E-state index in [1.54, 1.807) is 22.8 Å². The van der Waals surface area contributed by atoms with Crippen LogP contribution in [0.5, 0.6) is 0 Å². The molecule has 0 bridgehead atoms. The second-order valence-electron chi connectivity index (χ2n) is 8.59. The first kappa shape index (κ1) is 21.8. The Morgan fingerprint density at radius 3 is 2.45 bits per heavy atom. The smallest absolute Gasteiger partial charge is 0.238 e. The van der Waals surface area contributed by atoms with Gasteiger partial charge in [-0.05, 0) is 61.2 Å². The van der Waals surface area contributed by atoms with Crippen LogP contribution in [-0.2, 0) is 16.4 Å². The van der Waals surface area contributed by atoms with Gasteiger partial charge in [-0.2, -0.15) is 5.10 Å². The van der Waals surface area contributed by atoms with Gasteiger partial charge in [0.15, 0.2) is 5.65 Å². The Morgan fingerprint density at radius 1 is 0.909 bits per heavy atom. The zero-order chi connectivity index (χ0) is 22.8. The van der Waals surface area contributed by atoms with Crippen molar-refractivity contribution < 1.29 is 8.42 Å². The number of rotatable bonds is 6. The molecular formula is C25H27N5O2S. The summed E-state index contributed by atoms with van der Waals surface area (Å²) in [7, 11) is -3.78. The third-order valence-corrected chi connectivity index (χ3v) is 7.19. The Hall–Kier alpha value is -3.07. The molecule has 0 saturated carbocycles. The van der Waals surface area contributed by atoms with E-state index in [1.807, 2.05) is 18.5 Å². The molecule has 1 aliphatic heterocycles. The van der Waals surface area contributed by atoms with Crippen LogP contribution in [0.25, 0.3) is 27.9 Å². The van der Waals surface area contributed by atoms with Crippen molar-refractivity contribution in [2.45, 2.75) is 30.6 Å². The minimum Gasteiger partial charge on any atom is -0.303 e. The first-order valence-corrected chi connectivity index (χ1v) is 12.8. The Kier molecular flexibility index (Phi) is 5.97. The molecule has 2 aromatic carbocycles. The summed E-state index contributed by atoms with van der Waals surface area (Å²) < 4.78 is 25.1. The average Bonchev–Trinajstić information content (AvgIpc) is 3.27. The molecule has 0 atom stereocenters. The lowest BCUT2D eigenvalue weighted by atomic mass is 10.0. The first-order valence-electron chi connectivity index (χ1n) is 11.3. The van der Waals surface area contributed by atoms with Crippen LogP contribution in [0.2, 0.25) is 0 Å². The van der Waals surface area contributed by atoms with E-state index in [1.165, 1.54) is 44.0 Å². The van der Waals surface area contributed by atoms with E-state index in [0.29, 0.717) is 11.2 Å². The Bertz CT molecular complexity index is 1370. The highest BCUT2D eigenvalue weighted by atomic mass is 32.2. The monoisotopic (exact) mass is 461 g/mol. The van der Waals surface area contributed by atoms with Crippen LogP contribution in [-0.4, -0.2) is 47.6 Å². The van der Waals surface area contributed by atoms with Crippen LogP contribution < -0.4 is 5.14 Å². The predicted octanol–water partition coefficient (Wildman–Crippen LogP) is 3.74. The molecular weight excluding hydrogens is 434 g/mol. The van der Waals surface area contributed by atoms with Crippen molar-refractivity contribution in [1.29, 1.82) is 0 Å². The van der Waals surface area contributed by atoms with Crippen LogP contribution in [0.15, 0.2) is 72.0 Å². The van der Waals surface area contributed by atoms with Crippen molar-refractivity contribution in [2.75, 3.05) is 19.6 Å². The van der Waals surface area contributed by atoms with Gasteiger partial charge in [0, 0.05) is 30.1 Å². The van der Waals surface area contributed by atoms with Crippen molar-refractivity contribution in [3.8, 4) is 22.3 Å². The van der Waals surface area contributed by atoms with E-state index in [0.717, 1.165) is 29.7 Å². The third-order valence-electron chi connectivity index (χ3n) is 6.28. The lowest BCUT2D eigenvalue weighted by molar-refractivity contribution is 0.231. The summed E-state index contributed by atoms with van der Waals surface area (Å²) in [6, 6.07) is 15.2. The fourth-order valence-corrected chi connectivity index (χ4v) is 4.96. The van der Waals surface area contributed by atoms with Crippen molar-refractivity contribution in [3.63, 3.8) is 0 Å². The summed E-state index contributed by atoms with van der Waals surface area (Å²) in [5.41, 5.74) is 5.50. The van der Waals surface area contributed by atoms with Crippen molar-refractivity contribution in [3.05, 3.63) is 72.7 Å². The number of sulfonamides is 1. The highest BCUT2D eigenvalue weighted by molar-refractivity contribution is 7.89. The van der Waals surface area contributed by atoms with Crippen molar-refractivity contribution >= 4 is 15.7 Å². The zero-order valence-electron chi connectivity index (χ0n) is 18.4. The number of likely N-dealkylation sites (tertiary alicyclic amines) is 1. The van der Waals surface area contributed by atoms with E-state index in [2.05, 4.69) is 39.2 Å². The normalized spacial score (nSPS) is 15.2. The number of nitrogens with two attached hydrogens (primary N) is 1. The molecule has 1 saturated heterocycles. The first-order chi connectivity index (χ1) is 16.0. The minimum atomic E-state index is -3.78.